The normalized spacial score (nSPS) is 24.5. The van der Waals surface area contributed by atoms with Gasteiger partial charge in [0, 0.05) is 41.2 Å². The van der Waals surface area contributed by atoms with Crippen LogP contribution in [0.15, 0.2) is 30.3 Å². The highest BCUT2D eigenvalue weighted by Gasteiger charge is 2.43. The highest BCUT2D eigenvalue weighted by Crippen LogP contribution is 2.38. The fraction of sp³-hybridized carbons (Fsp3) is 0.450. The highest BCUT2D eigenvalue weighted by atomic mass is 35.5. The minimum Gasteiger partial charge on any atom is -0.338 e. The van der Waals surface area contributed by atoms with Crippen LogP contribution in [0.5, 0.6) is 0 Å². The molecular formula is C20H25Cl2N3O. The van der Waals surface area contributed by atoms with E-state index in [0.717, 1.165) is 48.6 Å². The molecule has 1 aromatic carbocycles. The summed E-state index contributed by atoms with van der Waals surface area (Å²) in [6.07, 6.45) is 2.25. The molecule has 0 bridgehead atoms. The minimum absolute atomic E-state index is 0. The molecule has 6 heteroatoms. The molecule has 1 aliphatic carbocycles. The van der Waals surface area contributed by atoms with Crippen molar-refractivity contribution in [3.05, 3.63) is 52.3 Å². The van der Waals surface area contributed by atoms with Crippen LogP contribution in [-0.2, 0) is 0 Å². The number of aryl methyl sites for hydroxylation is 1. The molecule has 2 aromatic rings. The summed E-state index contributed by atoms with van der Waals surface area (Å²) in [4.78, 5) is 15.1. The maximum absolute atomic E-state index is 13.1. The van der Waals surface area contributed by atoms with E-state index in [2.05, 4.69) is 4.57 Å². The summed E-state index contributed by atoms with van der Waals surface area (Å²) in [7, 11) is 0. The summed E-state index contributed by atoms with van der Waals surface area (Å²) in [6, 6.07) is 9.97. The smallest absolute Gasteiger partial charge is 0.255 e. The van der Waals surface area contributed by atoms with Crippen LogP contribution in [0.4, 0.5) is 0 Å². The van der Waals surface area contributed by atoms with Gasteiger partial charge in [0.1, 0.15) is 0 Å². The van der Waals surface area contributed by atoms with Gasteiger partial charge in [-0.1, -0.05) is 11.6 Å². The van der Waals surface area contributed by atoms with Crippen molar-refractivity contribution in [3.8, 4) is 5.69 Å². The van der Waals surface area contributed by atoms with Gasteiger partial charge in [0.05, 0.1) is 5.56 Å². The fourth-order valence-electron chi connectivity index (χ4n) is 4.61. The molecule has 1 aromatic heterocycles. The molecule has 140 valence electrons. The van der Waals surface area contributed by atoms with Gasteiger partial charge in [-0.05, 0) is 68.9 Å². The first-order valence-electron chi connectivity index (χ1n) is 8.95. The minimum atomic E-state index is 0. The Morgan fingerprint density at radius 3 is 2.50 bits per heavy atom. The molecular weight excluding hydrogens is 369 g/mol. The van der Waals surface area contributed by atoms with Gasteiger partial charge in [-0.3, -0.25) is 4.79 Å². The second-order valence-electron chi connectivity index (χ2n) is 7.47. The van der Waals surface area contributed by atoms with Crippen molar-refractivity contribution in [3.63, 3.8) is 0 Å². The molecule has 2 aliphatic rings. The molecule has 0 radical (unpaired) electrons. The zero-order chi connectivity index (χ0) is 17.7. The van der Waals surface area contributed by atoms with Gasteiger partial charge in [0.2, 0.25) is 0 Å². The van der Waals surface area contributed by atoms with Crippen molar-refractivity contribution in [1.82, 2.24) is 9.47 Å². The third-order valence-corrected chi connectivity index (χ3v) is 6.20. The monoisotopic (exact) mass is 393 g/mol. The predicted octanol–water partition coefficient (Wildman–Crippen LogP) is 3.98. The quantitative estimate of drug-likeness (QED) is 0.838. The molecule has 0 spiro atoms. The summed E-state index contributed by atoms with van der Waals surface area (Å²) in [5.41, 5.74) is 10.1. The SMILES string of the molecule is Cc1cc(C(=O)N2CC3CCC(N)C3C2)c(C)n1-c1ccc(Cl)cc1.Cl. The lowest BCUT2D eigenvalue weighted by molar-refractivity contribution is 0.0779. The Balaban J connectivity index is 0.00000196. The van der Waals surface area contributed by atoms with Crippen molar-refractivity contribution in [2.24, 2.45) is 17.6 Å². The zero-order valence-electron chi connectivity index (χ0n) is 15.1. The first kappa shape index (κ1) is 19.3. The number of rotatable bonds is 2. The number of carbonyl (C=O) groups excluding carboxylic acids is 1. The van der Waals surface area contributed by atoms with E-state index in [1.165, 1.54) is 0 Å². The van der Waals surface area contributed by atoms with Gasteiger partial charge in [-0.25, -0.2) is 0 Å². The van der Waals surface area contributed by atoms with Gasteiger partial charge >= 0.3 is 0 Å². The Hall–Kier alpha value is -1.49. The molecule has 1 amide bonds. The molecule has 26 heavy (non-hydrogen) atoms. The number of fused-ring (bicyclic) bond motifs is 1. The van der Waals surface area contributed by atoms with Gasteiger partial charge in [0.25, 0.3) is 5.91 Å². The van der Waals surface area contributed by atoms with Crippen LogP contribution in [0.3, 0.4) is 0 Å². The van der Waals surface area contributed by atoms with Crippen LogP contribution in [0, 0.1) is 25.7 Å². The average Bonchev–Trinajstić information content (AvgIpc) is 3.24. The van der Waals surface area contributed by atoms with Gasteiger partial charge in [-0.2, -0.15) is 0 Å². The van der Waals surface area contributed by atoms with Crippen LogP contribution in [0.25, 0.3) is 5.69 Å². The van der Waals surface area contributed by atoms with E-state index in [-0.39, 0.29) is 24.4 Å². The molecule has 4 rings (SSSR count). The van der Waals surface area contributed by atoms with E-state index in [1.807, 2.05) is 49.1 Å². The molecule has 1 saturated carbocycles. The van der Waals surface area contributed by atoms with Crippen LogP contribution in [0.2, 0.25) is 5.02 Å². The van der Waals surface area contributed by atoms with Crippen LogP contribution in [-0.4, -0.2) is 34.5 Å². The third-order valence-electron chi connectivity index (χ3n) is 5.95. The van der Waals surface area contributed by atoms with E-state index in [0.29, 0.717) is 16.9 Å². The lowest BCUT2D eigenvalue weighted by atomic mass is 9.98. The Bertz CT molecular complexity index is 815. The van der Waals surface area contributed by atoms with Gasteiger partial charge in [0.15, 0.2) is 0 Å². The molecule has 2 N–H and O–H groups in total. The number of halogens is 2. The summed E-state index contributed by atoms with van der Waals surface area (Å²) >= 11 is 6.00. The lowest BCUT2D eigenvalue weighted by Gasteiger charge is -2.19. The number of nitrogens with two attached hydrogens (primary N) is 1. The average molecular weight is 394 g/mol. The summed E-state index contributed by atoms with van der Waals surface area (Å²) in [5.74, 6) is 1.19. The summed E-state index contributed by atoms with van der Waals surface area (Å²) < 4.78 is 2.12. The predicted molar refractivity (Wildman–Crippen MR) is 108 cm³/mol. The Kier molecular flexibility index (Phi) is 5.38. The zero-order valence-corrected chi connectivity index (χ0v) is 16.7. The largest absolute Gasteiger partial charge is 0.338 e. The standard InChI is InChI=1S/C20H24ClN3O.ClH/c1-12-9-17(13(2)24(12)16-6-4-15(21)5-7-16)20(25)23-10-14-3-8-19(22)18(14)11-23;/h4-7,9,14,18-19H,3,8,10-11,22H2,1-2H3;1H. The maximum Gasteiger partial charge on any atom is 0.255 e. The second-order valence-corrected chi connectivity index (χ2v) is 7.91. The van der Waals surface area contributed by atoms with E-state index >= 15 is 0 Å². The highest BCUT2D eigenvalue weighted by molar-refractivity contribution is 6.30. The first-order chi connectivity index (χ1) is 12.0. The maximum atomic E-state index is 13.1. The fourth-order valence-corrected chi connectivity index (χ4v) is 4.74. The van der Waals surface area contributed by atoms with Crippen LogP contribution >= 0.6 is 24.0 Å². The molecule has 1 aliphatic heterocycles. The molecule has 2 fully saturated rings. The second kappa shape index (κ2) is 7.26. The van der Waals surface area contributed by atoms with Gasteiger partial charge in [-0.15, -0.1) is 12.4 Å². The Morgan fingerprint density at radius 1 is 1.15 bits per heavy atom. The van der Waals surface area contributed by atoms with E-state index in [1.54, 1.807) is 0 Å². The Labute approximate surface area is 165 Å². The lowest BCUT2D eigenvalue weighted by Crippen LogP contribution is -2.33. The molecule has 2 heterocycles. The number of hydrogen-bond acceptors (Lipinski definition) is 2. The summed E-state index contributed by atoms with van der Waals surface area (Å²) in [6.45, 7) is 5.70. The van der Waals surface area contributed by atoms with Crippen molar-refractivity contribution >= 4 is 29.9 Å². The first-order valence-corrected chi connectivity index (χ1v) is 9.33. The number of benzene rings is 1. The van der Waals surface area contributed by atoms with E-state index < -0.39 is 0 Å². The van der Waals surface area contributed by atoms with Crippen LogP contribution < -0.4 is 5.73 Å². The third kappa shape index (κ3) is 3.15. The molecule has 1 saturated heterocycles. The number of aromatic nitrogens is 1. The number of hydrogen-bond donors (Lipinski definition) is 1. The van der Waals surface area contributed by atoms with Gasteiger partial charge < -0.3 is 15.2 Å². The van der Waals surface area contributed by atoms with Crippen LogP contribution in [0.1, 0.15) is 34.6 Å². The van der Waals surface area contributed by atoms with Crippen molar-refractivity contribution in [1.29, 1.82) is 0 Å². The number of carbonyl (C=O) groups is 1. The molecule has 3 atom stereocenters. The number of nitrogens with zero attached hydrogens (tertiary/aromatic N) is 2. The van der Waals surface area contributed by atoms with Crippen molar-refractivity contribution < 1.29 is 4.79 Å². The topological polar surface area (TPSA) is 51.3 Å². The van der Waals surface area contributed by atoms with E-state index in [9.17, 15) is 4.79 Å². The van der Waals surface area contributed by atoms with E-state index in [4.69, 9.17) is 17.3 Å². The number of amides is 1. The molecule has 4 nitrogen and oxygen atoms in total. The van der Waals surface area contributed by atoms with Crippen molar-refractivity contribution in [2.75, 3.05) is 13.1 Å². The Morgan fingerprint density at radius 2 is 1.85 bits per heavy atom. The van der Waals surface area contributed by atoms with Crippen molar-refractivity contribution in [2.45, 2.75) is 32.7 Å². The molecule has 3 unspecified atom stereocenters. The number of likely N-dealkylation sites (tertiary alicyclic amines) is 1. The summed E-state index contributed by atoms with van der Waals surface area (Å²) in [5, 5.41) is 0.711.